The summed E-state index contributed by atoms with van der Waals surface area (Å²) < 4.78 is 5.21. The number of rotatable bonds is 2. The van der Waals surface area contributed by atoms with Gasteiger partial charge < -0.3 is 20.3 Å². The Morgan fingerprint density at radius 2 is 2.00 bits per heavy atom. The van der Waals surface area contributed by atoms with Crippen molar-refractivity contribution in [2.75, 3.05) is 13.2 Å². The van der Waals surface area contributed by atoms with Gasteiger partial charge in [-0.05, 0) is 20.8 Å². The number of likely N-dealkylation sites (tertiary alicyclic amines) is 1. The fourth-order valence-electron chi connectivity index (χ4n) is 2.04. The molecule has 1 heterocycles. The minimum atomic E-state index is -1.01. The molecule has 0 radical (unpaired) electrons. The minimum absolute atomic E-state index is 0.112. The molecule has 0 unspecified atom stereocenters. The van der Waals surface area contributed by atoms with E-state index in [1.54, 1.807) is 20.8 Å². The number of carbonyl (C=O) groups excluding carboxylic acids is 2. The van der Waals surface area contributed by atoms with Crippen molar-refractivity contribution in [1.29, 1.82) is 0 Å². The number of aliphatic hydroxyl groups excluding tert-OH is 2. The van der Waals surface area contributed by atoms with Gasteiger partial charge >= 0.3 is 6.09 Å². The second-order valence-electron chi connectivity index (χ2n) is 5.68. The number of nitrogens with one attached hydrogen (secondary N) is 1. The zero-order valence-corrected chi connectivity index (χ0v) is 11.7. The highest BCUT2D eigenvalue weighted by Gasteiger charge is 2.44. The van der Waals surface area contributed by atoms with Gasteiger partial charge in [0.15, 0.2) is 0 Å². The molecular weight excluding hydrogens is 252 g/mol. The van der Waals surface area contributed by atoms with E-state index in [9.17, 15) is 19.8 Å². The molecule has 7 nitrogen and oxygen atoms in total. The van der Waals surface area contributed by atoms with E-state index in [0.717, 1.165) is 0 Å². The van der Waals surface area contributed by atoms with Crippen LogP contribution in [0.5, 0.6) is 0 Å². The largest absolute Gasteiger partial charge is 0.444 e. The van der Waals surface area contributed by atoms with Gasteiger partial charge in [0.1, 0.15) is 5.60 Å². The van der Waals surface area contributed by atoms with Crippen LogP contribution in [-0.2, 0) is 9.53 Å². The van der Waals surface area contributed by atoms with E-state index in [-0.39, 0.29) is 12.5 Å². The highest BCUT2D eigenvalue weighted by molar-refractivity contribution is 5.74. The molecule has 19 heavy (non-hydrogen) atoms. The van der Waals surface area contributed by atoms with E-state index in [0.29, 0.717) is 0 Å². The summed E-state index contributed by atoms with van der Waals surface area (Å²) in [7, 11) is 0. The van der Waals surface area contributed by atoms with Crippen LogP contribution >= 0.6 is 0 Å². The molecule has 1 fully saturated rings. The van der Waals surface area contributed by atoms with Crippen LogP contribution in [0.15, 0.2) is 0 Å². The van der Waals surface area contributed by atoms with Crippen molar-refractivity contribution in [2.24, 2.45) is 0 Å². The van der Waals surface area contributed by atoms with Crippen molar-refractivity contribution in [1.82, 2.24) is 10.2 Å². The average Bonchev–Trinajstić information content (AvgIpc) is 2.52. The third-order valence-electron chi connectivity index (χ3n) is 2.80. The average molecular weight is 274 g/mol. The van der Waals surface area contributed by atoms with E-state index < -0.39 is 36.5 Å². The molecule has 0 aliphatic carbocycles. The summed E-state index contributed by atoms with van der Waals surface area (Å²) in [6.07, 6.45) is -1.63. The molecule has 1 saturated heterocycles. The fourth-order valence-corrected chi connectivity index (χ4v) is 2.04. The predicted octanol–water partition coefficient (Wildman–Crippen LogP) is -0.536. The van der Waals surface area contributed by atoms with Crippen molar-refractivity contribution in [3.8, 4) is 0 Å². The Morgan fingerprint density at radius 1 is 1.42 bits per heavy atom. The Morgan fingerprint density at radius 3 is 2.42 bits per heavy atom. The summed E-state index contributed by atoms with van der Waals surface area (Å²) in [5.41, 5.74) is -0.659. The van der Waals surface area contributed by atoms with Gasteiger partial charge in [-0.15, -0.1) is 0 Å². The molecule has 1 rings (SSSR count). The molecule has 3 atom stereocenters. The number of hydrogen-bond donors (Lipinski definition) is 3. The zero-order chi connectivity index (χ0) is 14.8. The first-order valence-electron chi connectivity index (χ1n) is 6.21. The lowest BCUT2D eigenvalue weighted by atomic mass is 10.1. The second kappa shape index (κ2) is 5.75. The molecule has 0 bridgehead atoms. The first-order valence-corrected chi connectivity index (χ1v) is 6.21. The Balaban J connectivity index is 2.77. The summed E-state index contributed by atoms with van der Waals surface area (Å²) in [5.74, 6) is -0.299. The van der Waals surface area contributed by atoms with Gasteiger partial charge in [0.2, 0.25) is 5.91 Å². The van der Waals surface area contributed by atoms with E-state index in [2.05, 4.69) is 5.32 Å². The molecule has 0 spiro atoms. The van der Waals surface area contributed by atoms with Gasteiger partial charge in [-0.1, -0.05) is 0 Å². The molecule has 1 aliphatic heterocycles. The summed E-state index contributed by atoms with van der Waals surface area (Å²) in [6.45, 7) is 6.25. The van der Waals surface area contributed by atoms with Crippen LogP contribution < -0.4 is 5.32 Å². The number of amides is 2. The highest BCUT2D eigenvalue weighted by Crippen LogP contribution is 2.21. The number of aliphatic hydroxyl groups is 2. The summed E-state index contributed by atoms with van der Waals surface area (Å²) in [6, 6.07) is -1.37. The third-order valence-corrected chi connectivity index (χ3v) is 2.80. The van der Waals surface area contributed by atoms with Gasteiger partial charge in [-0.3, -0.25) is 9.69 Å². The number of hydrogen-bond acceptors (Lipinski definition) is 5. The SMILES string of the molecule is CC(=O)N[C@@H]1CN(C(=O)OC(C)(C)C)[C@H](CO)[C@H]1O. The smallest absolute Gasteiger partial charge is 0.410 e. The van der Waals surface area contributed by atoms with Crippen molar-refractivity contribution in [2.45, 2.75) is 51.5 Å². The Kier molecular flexibility index (Phi) is 4.75. The normalized spacial score (nSPS) is 27.3. The highest BCUT2D eigenvalue weighted by atomic mass is 16.6. The maximum Gasteiger partial charge on any atom is 0.410 e. The van der Waals surface area contributed by atoms with Gasteiger partial charge in [0.25, 0.3) is 0 Å². The predicted molar refractivity (Wildman–Crippen MR) is 67.4 cm³/mol. The second-order valence-corrected chi connectivity index (χ2v) is 5.68. The van der Waals surface area contributed by atoms with Crippen LogP contribution in [0, 0.1) is 0 Å². The molecule has 110 valence electrons. The standard InChI is InChI=1S/C12H22N2O5/c1-7(16)13-8-5-14(9(6-15)10(8)17)11(18)19-12(2,3)4/h8-10,15,17H,5-6H2,1-4H3,(H,13,16)/t8-,9-,10+/m1/s1. The number of carbonyl (C=O) groups is 2. The van der Waals surface area contributed by atoms with Gasteiger partial charge in [0.05, 0.1) is 24.8 Å². The Labute approximate surface area is 112 Å². The topological polar surface area (TPSA) is 99.1 Å². The first kappa shape index (κ1) is 15.7. The zero-order valence-electron chi connectivity index (χ0n) is 11.7. The minimum Gasteiger partial charge on any atom is -0.444 e. The molecule has 0 aromatic rings. The van der Waals surface area contributed by atoms with Crippen molar-refractivity contribution >= 4 is 12.0 Å². The van der Waals surface area contributed by atoms with Crippen LogP contribution in [0.4, 0.5) is 4.79 Å². The lowest BCUT2D eigenvalue weighted by Gasteiger charge is -2.28. The maximum absolute atomic E-state index is 12.0. The summed E-state index contributed by atoms with van der Waals surface area (Å²) in [4.78, 5) is 24.2. The molecule has 3 N–H and O–H groups in total. The van der Waals surface area contributed by atoms with Crippen molar-refractivity contribution in [3.05, 3.63) is 0 Å². The lowest BCUT2D eigenvalue weighted by Crippen LogP contribution is -2.45. The van der Waals surface area contributed by atoms with Crippen LogP contribution in [0.2, 0.25) is 0 Å². The van der Waals surface area contributed by atoms with E-state index in [1.165, 1.54) is 11.8 Å². The Hall–Kier alpha value is -1.34. The fraction of sp³-hybridized carbons (Fsp3) is 0.833. The van der Waals surface area contributed by atoms with Gasteiger partial charge in [-0.25, -0.2) is 4.79 Å². The summed E-state index contributed by atoms with van der Waals surface area (Å²) >= 11 is 0. The lowest BCUT2D eigenvalue weighted by molar-refractivity contribution is -0.120. The summed E-state index contributed by atoms with van der Waals surface area (Å²) in [5, 5.41) is 21.8. The third kappa shape index (κ3) is 4.07. The van der Waals surface area contributed by atoms with Crippen molar-refractivity contribution < 1.29 is 24.5 Å². The van der Waals surface area contributed by atoms with Crippen LogP contribution in [0.25, 0.3) is 0 Å². The Bertz CT molecular complexity index is 353. The van der Waals surface area contributed by atoms with Crippen LogP contribution in [-0.4, -0.2) is 64.1 Å². The molecule has 0 aromatic carbocycles. The molecule has 2 amide bonds. The van der Waals surface area contributed by atoms with E-state index in [1.807, 2.05) is 0 Å². The molecule has 0 saturated carbocycles. The first-order chi connectivity index (χ1) is 8.65. The molecule has 0 aromatic heterocycles. The number of nitrogens with zero attached hydrogens (tertiary/aromatic N) is 1. The van der Waals surface area contributed by atoms with Crippen LogP contribution in [0.3, 0.4) is 0 Å². The number of ether oxygens (including phenoxy) is 1. The van der Waals surface area contributed by atoms with Crippen LogP contribution in [0.1, 0.15) is 27.7 Å². The molecular formula is C12H22N2O5. The maximum atomic E-state index is 12.0. The van der Waals surface area contributed by atoms with E-state index >= 15 is 0 Å². The quantitative estimate of drug-likeness (QED) is 0.628. The van der Waals surface area contributed by atoms with Crippen molar-refractivity contribution in [3.63, 3.8) is 0 Å². The molecule has 1 aliphatic rings. The monoisotopic (exact) mass is 274 g/mol. The van der Waals surface area contributed by atoms with Gasteiger partial charge in [-0.2, -0.15) is 0 Å². The van der Waals surface area contributed by atoms with Gasteiger partial charge in [0, 0.05) is 13.5 Å². The molecule has 7 heteroatoms. The van der Waals surface area contributed by atoms with E-state index in [4.69, 9.17) is 4.74 Å².